The summed E-state index contributed by atoms with van der Waals surface area (Å²) in [7, 11) is -2.52. The van der Waals surface area contributed by atoms with Crippen LogP contribution in [0.5, 0.6) is 0 Å². The molecule has 4 heteroatoms. The lowest BCUT2D eigenvalue weighted by Gasteiger charge is -2.25. The van der Waals surface area contributed by atoms with E-state index in [-0.39, 0.29) is 0 Å². The van der Waals surface area contributed by atoms with E-state index >= 15 is 0 Å². The minimum atomic E-state index is -2.52. The van der Waals surface area contributed by atoms with Crippen molar-refractivity contribution in [3.63, 3.8) is 0 Å². The largest absolute Gasteiger partial charge is 0.529 e. The van der Waals surface area contributed by atoms with Crippen LogP contribution in [0, 0.1) is 0 Å². The van der Waals surface area contributed by atoms with Gasteiger partial charge in [-0.2, -0.15) is 0 Å². The van der Waals surface area contributed by atoms with E-state index < -0.39 is 8.80 Å². The molecule has 0 unspecified atom stereocenters. The van der Waals surface area contributed by atoms with Crippen molar-refractivity contribution in [1.82, 2.24) is 0 Å². The Labute approximate surface area is 94.8 Å². The van der Waals surface area contributed by atoms with Crippen LogP contribution in [0.15, 0.2) is 11.8 Å². The van der Waals surface area contributed by atoms with Gasteiger partial charge in [-0.25, -0.2) is 0 Å². The van der Waals surface area contributed by atoms with Gasteiger partial charge < -0.3 is 13.3 Å². The Balaban J connectivity index is 4.47. The van der Waals surface area contributed by atoms with Crippen molar-refractivity contribution in [2.75, 3.05) is 19.8 Å². The molecule has 15 heavy (non-hydrogen) atoms. The summed E-state index contributed by atoms with van der Waals surface area (Å²) in [6.45, 7) is 10.1. The van der Waals surface area contributed by atoms with Crippen molar-refractivity contribution in [1.29, 1.82) is 0 Å². The first-order valence-corrected chi connectivity index (χ1v) is 7.64. The van der Waals surface area contributed by atoms with Crippen LogP contribution in [0.1, 0.15) is 40.5 Å². The summed E-state index contributed by atoms with van der Waals surface area (Å²) < 4.78 is 17.1. The van der Waals surface area contributed by atoms with Crippen molar-refractivity contribution in [2.45, 2.75) is 40.5 Å². The second kappa shape index (κ2) is 9.09. The molecule has 0 saturated heterocycles. The molecule has 0 aliphatic rings. The molecule has 0 aromatic heterocycles. The predicted molar refractivity (Wildman–Crippen MR) is 64.7 cm³/mol. The maximum absolute atomic E-state index is 5.77. The first-order chi connectivity index (χ1) is 7.24. The van der Waals surface area contributed by atoms with Gasteiger partial charge in [0.1, 0.15) is 0 Å². The number of allylic oxidation sites excluding steroid dienone is 1. The smallest absolute Gasteiger partial charge is 0.371 e. The minimum absolute atomic E-state index is 0.629. The van der Waals surface area contributed by atoms with E-state index in [1.807, 2.05) is 19.5 Å². The predicted octanol–water partition coefficient (Wildman–Crippen LogP) is 2.93. The highest BCUT2D eigenvalue weighted by molar-refractivity contribution is 6.66. The molecule has 0 saturated carbocycles. The van der Waals surface area contributed by atoms with Crippen LogP contribution in [0.3, 0.4) is 0 Å². The molecule has 0 bridgehead atoms. The Morgan fingerprint density at radius 2 is 1.53 bits per heavy atom. The maximum atomic E-state index is 5.77. The fourth-order valence-electron chi connectivity index (χ4n) is 1.18. The van der Waals surface area contributed by atoms with E-state index in [1.165, 1.54) is 0 Å². The first-order valence-electron chi connectivity index (χ1n) is 5.84. The Kier molecular flexibility index (Phi) is 8.99. The summed E-state index contributed by atoms with van der Waals surface area (Å²) >= 11 is 0. The lowest BCUT2D eigenvalue weighted by molar-refractivity contribution is 0.0798. The normalized spacial score (nSPS) is 12.5. The summed E-state index contributed by atoms with van der Waals surface area (Å²) in [6.07, 6.45) is 4.02. The Bertz CT molecular complexity index is 165. The number of hydrogen-bond donors (Lipinski definition) is 0. The van der Waals surface area contributed by atoms with Gasteiger partial charge in [0.25, 0.3) is 0 Å². The molecule has 0 aliphatic carbocycles. The average molecular weight is 232 g/mol. The Hall–Kier alpha value is -0.163. The molecule has 0 aliphatic heterocycles. The van der Waals surface area contributed by atoms with E-state index in [0.717, 1.165) is 12.8 Å². The maximum Gasteiger partial charge on any atom is 0.529 e. The fraction of sp³-hybridized carbons (Fsp3) is 0.818. The van der Waals surface area contributed by atoms with Crippen LogP contribution < -0.4 is 0 Å². The summed E-state index contributed by atoms with van der Waals surface area (Å²) in [6, 6.07) is 0. The molecule has 0 aromatic rings. The van der Waals surface area contributed by atoms with Crippen LogP contribution in [0.25, 0.3) is 0 Å². The van der Waals surface area contributed by atoms with Crippen LogP contribution in [0.2, 0.25) is 0 Å². The number of hydrogen-bond acceptors (Lipinski definition) is 3. The van der Waals surface area contributed by atoms with Crippen molar-refractivity contribution in [2.24, 2.45) is 0 Å². The van der Waals surface area contributed by atoms with Crippen LogP contribution in [0.4, 0.5) is 0 Å². The molecule has 3 nitrogen and oxygen atoms in total. The quantitative estimate of drug-likeness (QED) is 0.572. The molecule has 0 aromatic carbocycles. The highest BCUT2D eigenvalue weighted by Crippen LogP contribution is 2.12. The van der Waals surface area contributed by atoms with Crippen LogP contribution >= 0.6 is 0 Å². The zero-order chi connectivity index (χ0) is 11.6. The third-order valence-electron chi connectivity index (χ3n) is 1.76. The van der Waals surface area contributed by atoms with Crippen LogP contribution in [-0.4, -0.2) is 28.6 Å². The van der Waals surface area contributed by atoms with Gasteiger partial charge in [0.15, 0.2) is 0 Å². The molecule has 0 atom stereocenters. The van der Waals surface area contributed by atoms with E-state index in [2.05, 4.69) is 19.9 Å². The molecule has 90 valence electrons. The van der Waals surface area contributed by atoms with Gasteiger partial charge >= 0.3 is 8.80 Å². The molecule has 0 rings (SSSR count). The van der Waals surface area contributed by atoms with Gasteiger partial charge in [0, 0.05) is 19.8 Å². The third kappa shape index (κ3) is 6.09. The monoisotopic (exact) mass is 232 g/mol. The fourth-order valence-corrected chi connectivity index (χ4v) is 3.53. The Morgan fingerprint density at radius 3 is 1.93 bits per heavy atom. The highest BCUT2D eigenvalue weighted by Gasteiger charge is 2.37. The average Bonchev–Trinajstić information content (AvgIpc) is 2.24. The number of rotatable bonds is 9. The summed E-state index contributed by atoms with van der Waals surface area (Å²) in [5.41, 5.74) is 2.00. The van der Waals surface area contributed by atoms with E-state index in [0.29, 0.717) is 19.8 Å². The summed E-state index contributed by atoms with van der Waals surface area (Å²) in [5.74, 6) is 0. The second-order valence-electron chi connectivity index (χ2n) is 3.13. The molecule has 0 radical (unpaired) electrons. The molecular weight excluding hydrogens is 208 g/mol. The topological polar surface area (TPSA) is 27.7 Å². The lowest BCUT2D eigenvalue weighted by atomic mass is 10.5. The molecule has 0 fully saturated rings. The van der Waals surface area contributed by atoms with Crippen molar-refractivity contribution in [3.8, 4) is 0 Å². The molecule has 0 N–H and O–H groups in total. The van der Waals surface area contributed by atoms with E-state index in [1.54, 1.807) is 0 Å². The summed E-state index contributed by atoms with van der Waals surface area (Å²) in [5, 5.41) is 0. The standard InChI is InChI=1S/C11H24O3Si/c1-5-9-11-15(12-7-3,13-8-4)14-10-6-2/h9,11H,5-8,10H2,1-4H3. The zero-order valence-electron chi connectivity index (χ0n) is 10.4. The SMILES string of the molecule is CCC=C[Si](OCC)(OCC)OCCC. The van der Waals surface area contributed by atoms with Gasteiger partial charge in [0.05, 0.1) is 0 Å². The van der Waals surface area contributed by atoms with Crippen molar-refractivity contribution < 1.29 is 13.3 Å². The van der Waals surface area contributed by atoms with E-state index in [9.17, 15) is 0 Å². The lowest BCUT2D eigenvalue weighted by Crippen LogP contribution is -2.44. The molecular formula is C11H24O3Si. The third-order valence-corrected chi connectivity index (χ3v) is 4.39. The second-order valence-corrected chi connectivity index (χ2v) is 5.54. The van der Waals surface area contributed by atoms with Crippen molar-refractivity contribution in [3.05, 3.63) is 11.8 Å². The van der Waals surface area contributed by atoms with Gasteiger partial charge in [-0.05, 0) is 32.4 Å². The first kappa shape index (κ1) is 14.8. The van der Waals surface area contributed by atoms with Gasteiger partial charge in [-0.3, -0.25) is 0 Å². The highest BCUT2D eigenvalue weighted by atomic mass is 28.4. The summed E-state index contributed by atoms with van der Waals surface area (Å²) in [4.78, 5) is 0. The van der Waals surface area contributed by atoms with Crippen molar-refractivity contribution >= 4 is 8.80 Å². The molecule has 0 heterocycles. The van der Waals surface area contributed by atoms with Gasteiger partial charge in [-0.15, -0.1) is 0 Å². The van der Waals surface area contributed by atoms with Gasteiger partial charge in [0.2, 0.25) is 0 Å². The zero-order valence-corrected chi connectivity index (χ0v) is 11.4. The van der Waals surface area contributed by atoms with Gasteiger partial charge in [-0.1, -0.05) is 19.9 Å². The molecule has 0 amide bonds. The van der Waals surface area contributed by atoms with E-state index in [4.69, 9.17) is 13.3 Å². The molecule has 0 spiro atoms. The Morgan fingerprint density at radius 1 is 0.933 bits per heavy atom. The minimum Gasteiger partial charge on any atom is -0.371 e. The van der Waals surface area contributed by atoms with Crippen LogP contribution in [-0.2, 0) is 13.3 Å².